The first-order valence-corrected chi connectivity index (χ1v) is 13.6. The summed E-state index contributed by atoms with van der Waals surface area (Å²) in [6, 6.07) is 0. The normalized spacial score (nSPS) is 11.4. The minimum Gasteiger partial charge on any atom is -0.457 e. The van der Waals surface area contributed by atoms with Crippen molar-refractivity contribution in [2.24, 2.45) is 0 Å². The third-order valence-electron chi connectivity index (χ3n) is 5.67. The Hall–Kier alpha value is -0.610. The Labute approximate surface area is 194 Å². The highest BCUT2D eigenvalue weighted by Crippen LogP contribution is 2.09. The van der Waals surface area contributed by atoms with Crippen LogP contribution < -0.4 is 0 Å². The lowest BCUT2D eigenvalue weighted by molar-refractivity contribution is -0.156. The van der Waals surface area contributed by atoms with E-state index in [1.54, 1.807) is 0 Å². The fraction of sp³-hybridized carbons (Fsp3) is 0.963. The van der Waals surface area contributed by atoms with Crippen LogP contribution in [0.25, 0.3) is 0 Å². The summed E-state index contributed by atoms with van der Waals surface area (Å²) in [5, 5.41) is 0. The van der Waals surface area contributed by atoms with E-state index in [1.165, 1.54) is 83.5 Å². The lowest BCUT2D eigenvalue weighted by Crippen LogP contribution is -2.29. The van der Waals surface area contributed by atoms with Crippen LogP contribution in [-0.2, 0) is 19.0 Å². The van der Waals surface area contributed by atoms with Gasteiger partial charge < -0.3 is 14.2 Å². The second-order valence-corrected chi connectivity index (χ2v) is 8.96. The standard InChI is InChI=1S/C27H54O4/c1-4-7-10-13-16-19-22-29-24-26(25-30-23-20-17-14-11-8-5-2)31-27(28)21-18-15-12-9-6-3/h26H,4-25H2,1-3H3. The van der Waals surface area contributed by atoms with Crippen molar-refractivity contribution in [2.45, 2.75) is 142 Å². The van der Waals surface area contributed by atoms with Crippen molar-refractivity contribution in [1.29, 1.82) is 0 Å². The summed E-state index contributed by atoms with van der Waals surface area (Å²) >= 11 is 0. The van der Waals surface area contributed by atoms with E-state index >= 15 is 0 Å². The number of esters is 1. The van der Waals surface area contributed by atoms with Gasteiger partial charge in [-0.25, -0.2) is 0 Å². The predicted molar refractivity (Wildman–Crippen MR) is 132 cm³/mol. The molecule has 4 heteroatoms. The predicted octanol–water partition coefficient (Wildman–Crippen LogP) is 8.01. The second-order valence-electron chi connectivity index (χ2n) is 8.96. The van der Waals surface area contributed by atoms with Crippen LogP contribution in [0.3, 0.4) is 0 Å². The summed E-state index contributed by atoms with van der Waals surface area (Å²) in [6.07, 6.45) is 21.0. The topological polar surface area (TPSA) is 44.8 Å². The minimum absolute atomic E-state index is 0.104. The van der Waals surface area contributed by atoms with Crippen LogP contribution in [0.5, 0.6) is 0 Å². The van der Waals surface area contributed by atoms with Gasteiger partial charge in [0.1, 0.15) is 6.10 Å². The quantitative estimate of drug-likeness (QED) is 0.106. The fourth-order valence-corrected chi connectivity index (χ4v) is 3.63. The average Bonchev–Trinajstić information content (AvgIpc) is 2.77. The Bertz CT molecular complexity index is 339. The molecule has 0 radical (unpaired) electrons. The van der Waals surface area contributed by atoms with Crippen molar-refractivity contribution >= 4 is 5.97 Å². The van der Waals surface area contributed by atoms with E-state index in [1.807, 2.05) is 0 Å². The first-order valence-electron chi connectivity index (χ1n) is 13.6. The highest BCUT2D eigenvalue weighted by Gasteiger charge is 2.15. The van der Waals surface area contributed by atoms with Gasteiger partial charge >= 0.3 is 5.97 Å². The monoisotopic (exact) mass is 442 g/mol. The maximum absolute atomic E-state index is 12.2. The molecule has 31 heavy (non-hydrogen) atoms. The maximum Gasteiger partial charge on any atom is 0.306 e. The van der Waals surface area contributed by atoms with E-state index < -0.39 is 0 Å². The Morgan fingerprint density at radius 1 is 0.548 bits per heavy atom. The fourth-order valence-electron chi connectivity index (χ4n) is 3.63. The molecule has 0 bridgehead atoms. The molecule has 0 N–H and O–H groups in total. The van der Waals surface area contributed by atoms with Crippen molar-refractivity contribution < 1.29 is 19.0 Å². The van der Waals surface area contributed by atoms with E-state index in [9.17, 15) is 4.79 Å². The SMILES string of the molecule is CCCCCCCCOCC(COCCCCCCCC)OC(=O)CCCCCCC. The molecule has 0 fully saturated rings. The van der Waals surface area contributed by atoms with Crippen molar-refractivity contribution in [3.63, 3.8) is 0 Å². The third kappa shape index (κ3) is 23.9. The number of unbranched alkanes of at least 4 members (excludes halogenated alkanes) is 14. The summed E-state index contributed by atoms with van der Waals surface area (Å²) in [5.74, 6) is -0.104. The van der Waals surface area contributed by atoms with E-state index in [4.69, 9.17) is 14.2 Å². The van der Waals surface area contributed by atoms with Gasteiger partial charge in [0.25, 0.3) is 0 Å². The molecule has 0 aliphatic heterocycles. The van der Waals surface area contributed by atoms with Gasteiger partial charge in [0.15, 0.2) is 0 Å². The Morgan fingerprint density at radius 2 is 0.935 bits per heavy atom. The molecular weight excluding hydrogens is 388 g/mol. The smallest absolute Gasteiger partial charge is 0.306 e. The molecule has 4 nitrogen and oxygen atoms in total. The number of hydrogen-bond donors (Lipinski definition) is 0. The Balaban J connectivity index is 4.01. The maximum atomic E-state index is 12.2. The van der Waals surface area contributed by atoms with Crippen LogP contribution >= 0.6 is 0 Å². The van der Waals surface area contributed by atoms with Gasteiger partial charge in [-0.05, 0) is 19.3 Å². The molecule has 0 rings (SSSR count). The lowest BCUT2D eigenvalue weighted by Gasteiger charge is -2.18. The Kier molecular flexibility index (Phi) is 25.1. The number of rotatable bonds is 25. The van der Waals surface area contributed by atoms with Crippen molar-refractivity contribution in [1.82, 2.24) is 0 Å². The van der Waals surface area contributed by atoms with Crippen molar-refractivity contribution in [3.05, 3.63) is 0 Å². The van der Waals surface area contributed by atoms with Crippen LogP contribution in [0.4, 0.5) is 0 Å². The van der Waals surface area contributed by atoms with Gasteiger partial charge in [0, 0.05) is 19.6 Å². The molecule has 0 aliphatic carbocycles. The molecule has 0 aromatic rings. The largest absolute Gasteiger partial charge is 0.457 e. The molecule has 0 aliphatic rings. The van der Waals surface area contributed by atoms with Crippen LogP contribution in [-0.4, -0.2) is 38.5 Å². The summed E-state index contributed by atoms with van der Waals surface area (Å²) in [6.45, 7) is 9.08. The first-order chi connectivity index (χ1) is 15.2. The molecule has 0 unspecified atom stereocenters. The van der Waals surface area contributed by atoms with Crippen LogP contribution in [0.2, 0.25) is 0 Å². The van der Waals surface area contributed by atoms with Gasteiger partial charge in [-0.15, -0.1) is 0 Å². The van der Waals surface area contributed by atoms with E-state index in [0.29, 0.717) is 19.6 Å². The van der Waals surface area contributed by atoms with Gasteiger partial charge in [-0.1, -0.05) is 111 Å². The first kappa shape index (κ1) is 30.4. The zero-order chi connectivity index (χ0) is 22.8. The highest BCUT2D eigenvalue weighted by molar-refractivity contribution is 5.69. The molecule has 0 heterocycles. The van der Waals surface area contributed by atoms with E-state index in [2.05, 4.69) is 20.8 Å². The number of carbonyl (C=O) groups excluding carboxylic acids is 1. The van der Waals surface area contributed by atoms with Gasteiger partial charge in [0.2, 0.25) is 0 Å². The van der Waals surface area contributed by atoms with Gasteiger partial charge in [-0.2, -0.15) is 0 Å². The molecule has 0 aromatic heterocycles. The van der Waals surface area contributed by atoms with Gasteiger partial charge in [-0.3, -0.25) is 4.79 Å². The van der Waals surface area contributed by atoms with Crippen molar-refractivity contribution in [3.8, 4) is 0 Å². The molecule has 0 aromatic carbocycles. The van der Waals surface area contributed by atoms with Crippen LogP contribution in [0.1, 0.15) is 136 Å². The Morgan fingerprint density at radius 3 is 1.39 bits per heavy atom. The molecule has 0 spiro atoms. The summed E-state index contributed by atoms with van der Waals surface area (Å²) < 4.78 is 17.3. The summed E-state index contributed by atoms with van der Waals surface area (Å²) in [7, 11) is 0. The average molecular weight is 443 g/mol. The molecule has 0 atom stereocenters. The number of hydrogen-bond acceptors (Lipinski definition) is 4. The molecule has 186 valence electrons. The van der Waals surface area contributed by atoms with Crippen LogP contribution in [0.15, 0.2) is 0 Å². The molecular formula is C27H54O4. The van der Waals surface area contributed by atoms with Crippen molar-refractivity contribution in [2.75, 3.05) is 26.4 Å². The molecule has 0 saturated heterocycles. The number of ether oxygens (including phenoxy) is 3. The highest BCUT2D eigenvalue weighted by atomic mass is 16.6. The summed E-state index contributed by atoms with van der Waals surface area (Å²) in [5.41, 5.74) is 0. The van der Waals surface area contributed by atoms with Crippen LogP contribution in [0, 0.1) is 0 Å². The third-order valence-corrected chi connectivity index (χ3v) is 5.67. The molecule has 0 saturated carbocycles. The van der Waals surface area contributed by atoms with Gasteiger partial charge in [0.05, 0.1) is 13.2 Å². The van der Waals surface area contributed by atoms with E-state index in [-0.39, 0.29) is 12.1 Å². The van der Waals surface area contributed by atoms with E-state index in [0.717, 1.165) is 38.9 Å². The number of carbonyl (C=O) groups is 1. The summed E-state index contributed by atoms with van der Waals surface area (Å²) in [4.78, 5) is 12.2. The lowest BCUT2D eigenvalue weighted by atomic mass is 10.1. The minimum atomic E-state index is -0.275. The molecule has 0 amide bonds. The zero-order valence-corrected chi connectivity index (χ0v) is 21.3. The second kappa shape index (κ2) is 25.6. The zero-order valence-electron chi connectivity index (χ0n) is 21.3.